The lowest BCUT2D eigenvalue weighted by molar-refractivity contribution is -0.150. The third-order valence-electron chi connectivity index (χ3n) is 6.20. The van der Waals surface area contributed by atoms with Gasteiger partial charge in [-0.1, -0.05) is 74.0 Å². The van der Waals surface area contributed by atoms with Crippen LogP contribution in [0.3, 0.4) is 0 Å². The van der Waals surface area contributed by atoms with Crippen molar-refractivity contribution in [2.24, 2.45) is 0 Å². The van der Waals surface area contributed by atoms with Crippen LogP contribution in [0.1, 0.15) is 37.3 Å². The van der Waals surface area contributed by atoms with Gasteiger partial charge in [-0.25, -0.2) is 9.18 Å². The second-order valence-electron chi connectivity index (χ2n) is 8.79. The molecule has 0 bridgehead atoms. The molecule has 1 amide bonds. The van der Waals surface area contributed by atoms with Crippen LogP contribution in [-0.4, -0.2) is 48.5 Å². The Morgan fingerprint density at radius 2 is 1.65 bits per heavy atom. The van der Waals surface area contributed by atoms with E-state index in [-0.39, 0.29) is 25.3 Å². The van der Waals surface area contributed by atoms with Gasteiger partial charge >= 0.3 is 5.97 Å². The molecule has 0 saturated carbocycles. The van der Waals surface area contributed by atoms with Crippen molar-refractivity contribution >= 4 is 11.9 Å². The smallest absolute Gasteiger partial charge is 0.326 e. The normalized spacial score (nSPS) is 11.7. The van der Waals surface area contributed by atoms with E-state index in [4.69, 9.17) is 0 Å². The average molecular weight is 502 g/mol. The molecule has 1 aromatic heterocycles. The molecular weight excluding hydrogens is 473 g/mol. The molecule has 2 N–H and O–H groups in total. The van der Waals surface area contributed by atoms with E-state index in [1.165, 1.54) is 17.0 Å². The SMILES string of the molecule is CCCCC(=O)N(Cc1ccc(-c2ccccc2-c2nn[nH]n2)cc1)C(Cc1ccc(F)cc1)C(=O)O. The number of carbonyl (C=O) groups excluding carboxylic acids is 1. The van der Waals surface area contributed by atoms with E-state index in [9.17, 15) is 19.1 Å². The number of amides is 1. The zero-order valence-corrected chi connectivity index (χ0v) is 20.5. The molecule has 0 fully saturated rings. The number of aromatic amines is 1. The van der Waals surface area contributed by atoms with Crippen LogP contribution >= 0.6 is 0 Å². The monoisotopic (exact) mass is 501 g/mol. The third kappa shape index (κ3) is 6.43. The van der Waals surface area contributed by atoms with Crippen LogP contribution < -0.4 is 0 Å². The average Bonchev–Trinajstić information content (AvgIpc) is 3.45. The molecular formula is C28H28FN5O3. The summed E-state index contributed by atoms with van der Waals surface area (Å²) in [5.74, 6) is -1.23. The summed E-state index contributed by atoms with van der Waals surface area (Å²) in [5, 5.41) is 24.3. The second-order valence-corrected chi connectivity index (χ2v) is 8.79. The van der Waals surface area contributed by atoms with Crippen molar-refractivity contribution in [2.45, 2.75) is 45.2 Å². The molecule has 9 heteroatoms. The number of nitrogens with one attached hydrogen (secondary N) is 1. The first-order chi connectivity index (χ1) is 18.0. The van der Waals surface area contributed by atoms with Crippen LogP contribution in [0.25, 0.3) is 22.5 Å². The Morgan fingerprint density at radius 1 is 0.973 bits per heavy atom. The van der Waals surface area contributed by atoms with Crippen molar-refractivity contribution < 1.29 is 19.1 Å². The first-order valence-electron chi connectivity index (χ1n) is 12.1. The number of rotatable bonds is 11. The van der Waals surface area contributed by atoms with Gasteiger partial charge in [-0.2, -0.15) is 5.21 Å². The number of carboxylic acids is 1. The standard InChI is InChI=1S/C28H28FN5O3/c1-2-3-8-26(35)34(25(28(36)37)17-19-11-15-22(29)16-12-19)18-20-9-13-21(14-10-20)23-6-4-5-7-24(23)27-30-32-33-31-27/h4-7,9-16,25H,2-3,8,17-18H2,1H3,(H,36,37)(H,30,31,32,33). The maximum Gasteiger partial charge on any atom is 0.326 e. The minimum Gasteiger partial charge on any atom is -0.480 e. The zero-order valence-electron chi connectivity index (χ0n) is 20.5. The fourth-order valence-electron chi connectivity index (χ4n) is 4.21. The first kappa shape index (κ1) is 25.7. The molecule has 0 saturated heterocycles. The molecule has 0 aliphatic heterocycles. The van der Waals surface area contributed by atoms with Gasteiger partial charge in [0.15, 0.2) is 0 Å². The van der Waals surface area contributed by atoms with Gasteiger partial charge in [-0.15, -0.1) is 10.2 Å². The first-order valence-corrected chi connectivity index (χ1v) is 12.1. The van der Waals surface area contributed by atoms with Gasteiger partial charge in [-0.3, -0.25) is 4.79 Å². The molecule has 4 rings (SSSR count). The fraction of sp³-hybridized carbons (Fsp3) is 0.250. The summed E-state index contributed by atoms with van der Waals surface area (Å²) in [6, 6.07) is 19.9. The molecule has 37 heavy (non-hydrogen) atoms. The van der Waals surface area contributed by atoms with Crippen molar-refractivity contribution in [2.75, 3.05) is 0 Å². The van der Waals surface area contributed by atoms with Crippen LogP contribution in [0.4, 0.5) is 4.39 Å². The highest BCUT2D eigenvalue weighted by Crippen LogP contribution is 2.30. The van der Waals surface area contributed by atoms with Gasteiger partial charge < -0.3 is 10.0 Å². The Bertz CT molecular complexity index is 1320. The van der Waals surface area contributed by atoms with Gasteiger partial charge in [0, 0.05) is 24.9 Å². The van der Waals surface area contributed by atoms with E-state index in [0.717, 1.165) is 28.7 Å². The van der Waals surface area contributed by atoms with Gasteiger partial charge in [-0.05, 0) is 46.0 Å². The van der Waals surface area contributed by atoms with Crippen molar-refractivity contribution in [3.05, 3.63) is 89.7 Å². The van der Waals surface area contributed by atoms with Crippen LogP contribution in [0.15, 0.2) is 72.8 Å². The topological polar surface area (TPSA) is 112 Å². The molecule has 0 aliphatic carbocycles. The van der Waals surface area contributed by atoms with E-state index in [1.807, 2.05) is 55.5 Å². The largest absolute Gasteiger partial charge is 0.480 e. The van der Waals surface area contributed by atoms with Crippen molar-refractivity contribution in [1.82, 2.24) is 25.5 Å². The summed E-state index contributed by atoms with van der Waals surface area (Å²) < 4.78 is 13.4. The van der Waals surface area contributed by atoms with E-state index in [1.54, 1.807) is 12.1 Å². The summed E-state index contributed by atoms with van der Waals surface area (Å²) in [5.41, 5.74) is 4.12. The van der Waals surface area contributed by atoms with E-state index >= 15 is 0 Å². The second kappa shape index (κ2) is 12.0. The number of halogens is 1. The molecule has 0 spiro atoms. The van der Waals surface area contributed by atoms with Gasteiger partial charge in [0.1, 0.15) is 11.9 Å². The number of tetrazole rings is 1. The highest BCUT2D eigenvalue weighted by molar-refractivity contribution is 5.84. The fourth-order valence-corrected chi connectivity index (χ4v) is 4.21. The number of aromatic nitrogens is 4. The lowest BCUT2D eigenvalue weighted by atomic mass is 9.98. The van der Waals surface area contributed by atoms with Crippen LogP contribution in [0, 0.1) is 5.82 Å². The summed E-state index contributed by atoms with van der Waals surface area (Å²) >= 11 is 0. The van der Waals surface area contributed by atoms with Crippen LogP contribution in [-0.2, 0) is 22.6 Å². The van der Waals surface area contributed by atoms with Gasteiger partial charge in [0.2, 0.25) is 11.7 Å². The molecule has 8 nitrogen and oxygen atoms in total. The summed E-state index contributed by atoms with van der Waals surface area (Å²) in [6.07, 6.45) is 1.84. The number of H-pyrrole nitrogens is 1. The summed E-state index contributed by atoms with van der Waals surface area (Å²) in [7, 11) is 0. The summed E-state index contributed by atoms with van der Waals surface area (Å²) in [6.45, 7) is 2.13. The van der Waals surface area contributed by atoms with Crippen molar-refractivity contribution in [1.29, 1.82) is 0 Å². The van der Waals surface area contributed by atoms with Crippen LogP contribution in [0.2, 0.25) is 0 Å². The van der Waals surface area contributed by atoms with Crippen LogP contribution in [0.5, 0.6) is 0 Å². The van der Waals surface area contributed by atoms with E-state index in [0.29, 0.717) is 17.8 Å². The Hall–Kier alpha value is -4.40. The van der Waals surface area contributed by atoms with E-state index < -0.39 is 17.8 Å². The number of benzene rings is 3. The van der Waals surface area contributed by atoms with Gasteiger partial charge in [0.25, 0.3) is 0 Å². The predicted molar refractivity (Wildman–Crippen MR) is 137 cm³/mol. The zero-order chi connectivity index (χ0) is 26.2. The molecule has 190 valence electrons. The predicted octanol–water partition coefficient (Wildman–Crippen LogP) is 4.89. The molecule has 4 aromatic rings. The number of unbranched alkanes of at least 4 members (excludes halogenated alkanes) is 1. The number of aliphatic carboxylic acids is 1. The van der Waals surface area contributed by atoms with Gasteiger partial charge in [0.05, 0.1) is 0 Å². The number of nitrogens with zero attached hydrogens (tertiary/aromatic N) is 4. The molecule has 3 aromatic carbocycles. The minimum absolute atomic E-state index is 0.0869. The van der Waals surface area contributed by atoms with Crippen molar-refractivity contribution in [3.63, 3.8) is 0 Å². The maximum atomic E-state index is 13.4. The van der Waals surface area contributed by atoms with E-state index in [2.05, 4.69) is 20.6 Å². The quantitative estimate of drug-likeness (QED) is 0.303. The minimum atomic E-state index is -1.10. The molecule has 1 heterocycles. The third-order valence-corrected chi connectivity index (χ3v) is 6.20. The number of carboxylic acid groups (broad SMARTS) is 1. The molecule has 0 radical (unpaired) electrons. The number of hydrogen-bond donors (Lipinski definition) is 2. The lowest BCUT2D eigenvalue weighted by Crippen LogP contribution is -2.46. The summed E-state index contributed by atoms with van der Waals surface area (Å²) in [4.78, 5) is 26.8. The molecule has 1 atom stereocenters. The maximum absolute atomic E-state index is 13.4. The molecule has 1 unspecified atom stereocenters. The highest BCUT2D eigenvalue weighted by Gasteiger charge is 2.29. The Balaban J connectivity index is 1.60. The Labute approximate surface area is 214 Å². The number of carbonyl (C=O) groups is 2. The highest BCUT2D eigenvalue weighted by atomic mass is 19.1. The Kier molecular flexibility index (Phi) is 8.35. The Morgan fingerprint density at radius 3 is 2.27 bits per heavy atom. The molecule has 0 aliphatic rings. The number of hydrogen-bond acceptors (Lipinski definition) is 5. The van der Waals surface area contributed by atoms with Crippen molar-refractivity contribution in [3.8, 4) is 22.5 Å². The lowest BCUT2D eigenvalue weighted by Gasteiger charge is -2.29.